The van der Waals surface area contributed by atoms with E-state index in [1.807, 2.05) is 6.20 Å². The highest BCUT2D eigenvalue weighted by molar-refractivity contribution is 6.09. The van der Waals surface area contributed by atoms with Crippen molar-refractivity contribution in [1.82, 2.24) is 9.55 Å². The fourth-order valence-electron chi connectivity index (χ4n) is 8.44. The van der Waals surface area contributed by atoms with Gasteiger partial charge in [-0.05, 0) is 128 Å². The Morgan fingerprint density at radius 3 is 1.51 bits per heavy atom. The van der Waals surface area contributed by atoms with E-state index < -0.39 is 0 Å². The van der Waals surface area contributed by atoms with Gasteiger partial charge in [-0.15, -0.1) is 0 Å². The van der Waals surface area contributed by atoms with Gasteiger partial charge >= 0.3 is 0 Å². The van der Waals surface area contributed by atoms with E-state index in [1.54, 1.807) is 0 Å². The van der Waals surface area contributed by atoms with Crippen molar-refractivity contribution < 1.29 is 4.74 Å². The quantitative estimate of drug-likeness (QED) is 0.173. The number of anilines is 4. The van der Waals surface area contributed by atoms with Gasteiger partial charge in [-0.3, -0.25) is 4.57 Å². The normalized spacial score (nSPS) is 14.0. The van der Waals surface area contributed by atoms with Crippen molar-refractivity contribution in [3.63, 3.8) is 0 Å². The van der Waals surface area contributed by atoms with E-state index >= 15 is 0 Å². The fraction of sp³-hybridized carbons (Fsp3) is 0.375. The number of hydrogen-bond donors (Lipinski definition) is 0. The molecular weight excluding hydrogens is 745 g/mol. The summed E-state index contributed by atoms with van der Waals surface area (Å²) < 4.78 is 9.31. The van der Waals surface area contributed by atoms with Crippen LogP contribution in [0.15, 0.2) is 115 Å². The van der Waals surface area contributed by atoms with Gasteiger partial charge in [0.1, 0.15) is 24.0 Å². The lowest BCUT2D eigenvalue weighted by molar-refractivity contribution is 0.479. The summed E-state index contributed by atoms with van der Waals surface area (Å²) in [6.07, 6.45) is 1.94. The molecule has 61 heavy (non-hydrogen) atoms. The second-order valence-electron chi connectivity index (χ2n) is 22.5. The molecular formula is C56H66N4O. The maximum atomic E-state index is 7.00. The summed E-state index contributed by atoms with van der Waals surface area (Å²) >= 11 is 0. The average molecular weight is 811 g/mol. The third-order valence-electron chi connectivity index (χ3n) is 12.5. The van der Waals surface area contributed by atoms with E-state index in [2.05, 4.69) is 227 Å². The molecule has 5 aromatic carbocycles. The molecule has 0 atom stereocenters. The number of ether oxygens (including phenoxy) is 1. The molecule has 0 bridgehead atoms. The summed E-state index contributed by atoms with van der Waals surface area (Å²) in [5, 5.41) is 2.40. The lowest BCUT2D eigenvalue weighted by Crippen LogP contribution is -2.26. The van der Waals surface area contributed by atoms with E-state index in [-0.39, 0.29) is 27.1 Å². The van der Waals surface area contributed by atoms with Crippen LogP contribution >= 0.6 is 0 Å². The molecule has 316 valence electrons. The number of pyridine rings is 1. The van der Waals surface area contributed by atoms with Crippen LogP contribution < -0.4 is 14.5 Å². The Morgan fingerprint density at radius 2 is 0.951 bits per heavy atom. The standard InChI is InChI=1S/C56H66N4O/c1-52(2,3)36-20-23-47-46(31-36)45-22-21-43(34-50(45)60(47)51-32-37(24-25-57-51)53(4,5)6)61-44-30-40(56(13,14)15)29-42(33-44)59-35-58(48-18-16-17-19-49(48)59)41-27-38(54(7,8)9)26-39(28-41)55(10,11)12/h16-34H,35H2,1-15H3. The minimum absolute atomic E-state index is 0.0153. The number of benzene rings is 5. The summed E-state index contributed by atoms with van der Waals surface area (Å²) in [6.45, 7) is 35.0. The van der Waals surface area contributed by atoms with Gasteiger partial charge in [0.15, 0.2) is 0 Å². The third-order valence-corrected chi connectivity index (χ3v) is 12.5. The first-order valence-corrected chi connectivity index (χ1v) is 22.1. The number of hydrogen-bond acceptors (Lipinski definition) is 4. The number of fused-ring (bicyclic) bond motifs is 4. The first kappa shape index (κ1) is 42.2. The molecule has 2 aromatic heterocycles. The minimum atomic E-state index is -0.111. The van der Waals surface area contributed by atoms with Gasteiger partial charge in [0.25, 0.3) is 0 Å². The van der Waals surface area contributed by atoms with Gasteiger partial charge in [0.2, 0.25) is 0 Å². The Morgan fingerprint density at radius 1 is 0.426 bits per heavy atom. The van der Waals surface area contributed by atoms with Gasteiger partial charge in [0, 0.05) is 40.5 Å². The topological polar surface area (TPSA) is 33.5 Å². The smallest absolute Gasteiger partial charge is 0.137 e. The summed E-state index contributed by atoms with van der Waals surface area (Å²) in [5.41, 5.74) is 13.3. The lowest BCUT2D eigenvalue weighted by atomic mass is 9.80. The molecule has 0 amide bonds. The van der Waals surface area contributed by atoms with Crippen molar-refractivity contribution in [1.29, 1.82) is 0 Å². The molecule has 0 fully saturated rings. The molecule has 0 saturated carbocycles. The van der Waals surface area contributed by atoms with Crippen LogP contribution in [-0.4, -0.2) is 16.2 Å². The van der Waals surface area contributed by atoms with Crippen LogP contribution in [0.5, 0.6) is 11.5 Å². The molecule has 0 spiro atoms. The molecule has 1 aliphatic heterocycles. The van der Waals surface area contributed by atoms with E-state index in [4.69, 9.17) is 9.72 Å². The highest BCUT2D eigenvalue weighted by atomic mass is 16.5. The monoisotopic (exact) mass is 811 g/mol. The molecule has 0 radical (unpaired) electrons. The molecule has 3 heterocycles. The molecule has 5 nitrogen and oxygen atoms in total. The zero-order valence-electron chi connectivity index (χ0n) is 39.4. The third kappa shape index (κ3) is 8.16. The largest absolute Gasteiger partial charge is 0.457 e. The second kappa shape index (κ2) is 14.5. The van der Waals surface area contributed by atoms with Crippen LogP contribution in [0.25, 0.3) is 27.6 Å². The zero-order chi connectivity index (χ0) is 44.0. The van der Waals surface area contributed by atoms with Crippen LogP contribution in [-0.2, 0) is 27.1 Å². The second-order valence-corrected chi connectivity index (χ2v) is 22.5. The first-order chi connectivity index (χ1) is 28.4. The predicted octanol–water partition coefficient (Wildman–Crippen LogP) is 15.7. The maximum absolute atomic E-state index is 7.00. The van der Waals surface area contributed by atoms with Gasteiger partial charge in [-0.1, -0.05) is 128 Å². The van der Waals surface area contributed by atoms with Crippen LogP contribution in [0.1, 0.15) is 132 Å². The van der Waals surface area contributed by atoms with E-state index in [1.165, 1.54) is 55.7 Å². The highest BCUT2D eigenvalue weighted by Gasteiger charge is 2.31. The van der Waals surface area contributed by atoms with Crippen LogP contribution in [0, 0.1) is 0 Å². The van der Waals surface area contributed by atoms with Gasteiger partial charge in [-0.2, -0.15) is 0 Å². The number of nitrogens with zero attached hydrogens (tertiary/aromatic N) is 4. The summed E-state index contributed by atoms with van der Waals surface area (Å²) in [4.78, 5) is 9.89. The van der Waals surface area contributed by atoms with Crippen LogP contribution in [0.2, 0.25) is 0 Å². The SMILES string of the molecule is CC(C)(C)c1cc(Oc2ccc3c4cc(C(C)(C)C)ccc4n(-c4cc(C(C)(C)C)ccn4)c3c2)cc(N2CN(c3cc(C(C)(C)C)cc(C(C)(C)C)c3)c3ccccc32)c1. The number of rotatable bonds is 5. The Hall–Kier alpha value is -5.55. The predicted molar refractivity (Wildman–Crippen MR) is 261 cm³/mol. The summed E-state index contributed by atoms with van der Waals surface area (Å²) in [5.74, 6) is 2.51. The van der Waals surface area contributed by atoms with Gasteiger partial charge in [-0.25, -0.2) is 4.98 Å². The van der Waals surface area contributed by atoms with Crippen molar-refractivity contribution in [3.8, 4) is 17.3 Å². The molecule has 0 N–H and O–H groups in total. The van der Waals surface area contributed by atoms with Crippen LogP contribution in [0.4, 0.5) is 22.7 Å². The Labute approximate surface area is 365 Å². The van der Waals surface area contributed by atoms with Crippen molar-refractivity contribution in [2.75, 3.05) is 16.5 Å². The molecule has 8 rings (SSSR count). The number of aromatic nitrogens is 2. The molecule has 7 aromatic rings. The van der Waals surface area contributed by atoms with E-state index in [0.29, 0.717) is 6.67 Å². The van der Waals surface area contributed by atoms with Gasteiger partial charge in [0.05, 0.1) is 22.4 Å². The molecule has 0 unspecified atom stereocenters. The maximum Gasteiger partial charge on any atom is 0.137 e. The van der Waals surface area contributed by atoms with Crippen molar-refractivity contribution in [2.45, 2.75) is 131 Å². The summed E-state index contributed by atoms with van der Waals surface area (Å²) in [7, 11) is 0. The first-order valence-electron chi connectivity index (χ1n) is 22.1. The van der Waals surface area contributed by atoms with E-state index in [0.717, 1.165) is 34.0 Å². The highest BCUT2D eigenvalue weighted by Crippen LogP contribution is 2.48. The Bertz CT molecular complexity index is 2760. The average Bonchev–Trinajstić information content (AvgIpc) is 3.72. The minimum Gasteiger partial charge on any atom is -0.457 e. The Kier molecular flexibility index (Phi) is 10.0. The molecule has 0 aliphatic carbocycles. The molecule has 0 saturated heterocycles. The van der Waals surface area contributed by atoms with Crippen molar-refractivity contribution >= 4 is 44.6 Å². The van der Waals surface area contributed by atoms with Crippen LogP contribution in [0.3, 0.4) is 0 Å². The fourth-order valence-corrected chi connectivity index (χ4v) is 8.44. The zero-order valence-corrected chi connectivity index (χ0v) is 39.4. The summed E-state index contributed by atoms with van der Waals surface area (Å²) in [6, 6.07) is 40.6. The van der Waals surface area contributed by atoms with Crippen molar-refractivity contribution in [3.05, 3.63) is 143 Å². The molecule has 1 aliphatic rings. The van der Waals surface area contributed by atoms with Crippen molar-refractivity contribution in [2.24, 2.45) is 0 Å². The van der Waals surface area contributed by atoms with Gasteiger partial charge < -0.3 is 14.5 Å². The Balaban J connectivity index is 1.24. The number of para-hydroxylation sites is 2. The molecule has 5 heteroatoms. The van der Waals surface area contributed by atoms with E-state index in [9.17, 15) is 0 Å². The lowest BCUT2D eigenvalue weighted by Gasteiger charge is -2.29.